The van der Waals surface area contributed by atoms with Crippen molar-refractivity contribution < 1.29 is 9.92 Å². The van der Waals surface area contributed by atoms with Gasteiger partial charge in [-0.25, -0.2) is 0 Å². The minimum absolute atomic E-state index is 0.0902. The third kappa shape index (κ3) is 4.12. The molecule has 0 N–H and O–H groups in total. The minimum Gasteiger partial charge on any atom is -0.313 e. The third-order valence-corrected chi connectivity index (χ3v) is 1.52. The van der Waals surface area contributed by atoms with Crippen molar-refractivity contribution in [3.63, 3.8) is 0 Å². The van der Waals surface area contributed by atoms with E-state index in [-0.39, 0.29) is 12.0 Å². The zero-order chi connectivity index (χ0) is 8.20. The molecule has 0 aliphatic carbocycles. The average molecular weight is 147 g/mol. The Labute approximate surface area is 60.3 Å². The van der Waals surface area contributed by atoms with Gasteiger partial charge < -0.3 is 4.84 Å². The maximum Gasteiger partial charge on any atom is 0.294 e. The maximum absolute atomic E-state index is 9.75. The van der Waals surface area contributed by atoms with E-state index in [1.807, 2.05) is 20.8 Å². The van der Waals surface area contributed by atoms with Crippen LogP contribution in [0.4, 0.5) is 0 Å². The van der Waals surface area contributed by atoms with Crippen LogP contribution in [0.25, 0.3) is 0 Å². The Bertz CT molecular complexity index is 122. The normalized spacial score (nSPS) is 11.1. The lowest BCUT2D eigenvalue weighted by Crippen LogP contribution is -2.20. The summed E-state index contributed by atoms with van der Waals surface area (Å²) in [6.07, 6.45) is 0.876. The van der Waals surface area contributed by atoms with E-state index >= 15 is 0 Å². The van der Waals surface area contributed by atoms with Gasteiger partial charge in [0.2, 0.25) is 0 Å². The molecular formula is C6H13NO3. The lowest BCUT2D eigenvalue weighted by Gasteiger charge is -2.19. The lowest BCUT2D eigenvalue weighted by atomic mass is 9.92. The molecule has 0 amide bonds. The SMILES string of the molecule is CCC(C)(C)CO[N+](=O)[O-]. The molecular weight excluding hydrogens is 134 g/mol. The molecule has 10 heavy (non-hydrogen) atoms. The standard InChI is InChI=1S/C6H13NO3/c1-4-6(2,3)5-10-7(8)9/h4-5H2,1-3H3. The summed E-state index contributed by atoms with van der Waals surface area (Å²) < 4.78 is 0. The summed E-state index contributed by atoms with van der Waals surface area (Å²) in [7, 11) is 0. The molecule has 0 unspecified atom stereocenters. The summed E-state index contributed by atoms with van der Waals surface area (Å²) in [5.74, 6) is 0. The van der Waals surface area contributed by atoms with Crippen LogP contribution in [0.2, 0.25) is 0 Å². The van der Waals surface area contributed by atoms with Crippen LogP contribution in [-0.4, -0.2) is 11.7 Å². The van der Waals surface area contributed by atoms with E-state index in [1.54, 1.807) is 0 Å². The zero-order valence-corrected chi connectivity index (χ0v) is 6.59. The molecule has 0 aliphatic rings. The molecule has 4 heteroatoms. The van der Waals surface area contributed by atoms with Crippen LogP contribution in [0.3, 0.4) is 0 Å². The Balaban J connectivity index is 3.56. The lowest BCUT2D eigenvalue weighted by molar-refractivity contribution is -0.760. The topological polar surface area (TPSA) is 52.4 Å². The Morgan fingerprint density at radius 2 is 2.10 bits per heavy atom. The molecule has 0 saturated carbocycles. The summed E-state index contributed by atoms with van der Waals surface area (Å²) in [5, 5.41) is 8.99. The zero-order valence-electron chi connectivity index (χ0n) is 6.59. The molecule has 0 aromatic carbocycles. The van der Waals surface area contributed by atoms with Gasteiger partial charge in [0.25, 0.3) is 5.09 Å². The van der Waals surface area contributed by atoms with Crippen molar-refractivity contribution in [3.05, 3.63) is 10.1 Å². The van der Waals surface area contributed by atoms with Crippen LogP contribution >= 0.6 is 0 Å². The van der Waals surface area contributed by atoms with E-state index in [1.165, 1.54) is 0 Å². The molecule has 0 bridgehead atoms. The molecule has 0 rings (SSSR count). The van der Waals surface area contributed by atoms with Gasteiger partial charge in [0, 0.05) is 0 Å². The van der Waals surface area contributed by atoms with Gasteiger partial charge in [-0.1, -0.05) is 20.8 Å². The molecule has 0 aliphatic heterocycles. The van der Waals surface area contributed by atoms with Crippen molar-refractivity contribution in [1.82, 2.24) is 0 Å². The predicted molar refractivity (Wildman–Crippen MR) is 37.0 cm³/mol. The Morgan fingerprint density at radius 3 is 2.40 bits per heavy atom. The summed E-state index contributed by atoms with van der Waals surface area (Å²) >= 11 is 0. The Hall–Kier alpha value is -0.800. The van der Waals surface area contributed by atoms with E-state index in [4.69, 9.17) is 0 Å². The highest BCUT2D eigenvalue weighted by molar-refractivity contribution is 4.63. The molecule has 60 valence electrons. The van der Waals surface area contributed by atoms with Crippen LogP contribution < -0.4 is 0 Å². The van der Waals surface area contributed by atoms with Gasteiger partial charge in [-0.3, -0.25) is 0 Å². The van der Waals surface area contributed by atoms with Crippen LogP contribution in [0.15, 0.2) is 0 Å². The first kappa shape index (κ1) is 9.20. The molecule has 0 radical (unpaired) electrons. The molecule has 0 heterocycles. The molecule has 4 nitrogen and oxygen atoms in total. The summed E-state index contributed by atoms with van der Waals surface area (Å²) in [4.78, 5) is 14.0. The second-order valence-corrected chi connectivity index (χ2v) is 3.01. The van der Waals surface area contributed by atoms with Gasteiger partial charge in [0.05, 0.1) is 0 Å². The quantitative estimate of drug-likeness (QED) is 0.448. The van der Waals surface area contributed by atoms with Crippen molar-refractivity contribution in [2.45, 2.75) is 27.2 Å². The first-order valence-electron chi connectivity index (χ1n) is 3.25. The van der Waals surface area contributed by atoms with Crippen LogP contribution in [0, 0.1) is 15.5 Å². The van der Waals surface area contributed by atoms with Crippen molar-refractivity contribution in [2.75, 3.05) is 6.61 Å². The first-order chi connectivity index (χ1) is 4.48. The molecule has 0 fully saturated rings. The van der Waals surface area contributed by atoms with Crippen molar-refractivity contribution in [1.29, 1.82) is 0 Å². The predicted octanol–water partition coefficient (Wildman–Crippen LogP) is 1.63. The van der Waals surface area contributed by atoms with E-state index in [9.17, 15) is 10.1 Å². The van der Waals surface area contributed by atoms with Gasteiger partial charge in [0.1, 0.15) is 6.61 Å². The minimum atomic E-state index is -0.753. The molecule has 0 aromatic heterocycles. The van der Waals surface area contributed by atoms with Gasteiger partial charge in [-0.15, -0.1) is 10.1 Å². The van der Waals surface area contributed by atoms with Crippen LogP contribution in [0.1, 0.15) is 27.2 Å². The number of hydrogen-bond acceptors (Lipinski definition) is 3. The van der Waals surface area contributed by atoms with Crippen molar-refractivity contribution >= 4 is 0 Å². The highest BCUT2D eigenvalue weighted by Crippen LogP contribution is 2.19. The van der Waals surface area contributed by atoms with Crippen molar-refractivity contribution in [2.24, 2.45) is 5.41 Å². The Kier molecular flexibility index (Phi) is 3.12. The van der Waals surface area contributed by atoms with E-state index in [2.05, 4.69) is 4.84 Å². The van der Waals surface area contributed by atoms with Gasteiger partial charge in [-0.2, -0.15) is 0 Å². The summed E-state index contributed by atoms with van der Waals surface area (Å²) in [6.45, 7) is 6.01. The molecule has 0 aromatic rings. The highest BCUT2D eigenvalue weighted by atomic mass is 16.9. The number of hydrogen-bond donors (Lipinski definition) is 0. The molecule has 0 spiro atoms. The largest absolute Gasteiger partial charge is 0.313 e. The van der Waals surface area contributed by atoms with Crippen LogP contribution in [-0.2, 0) is 4.84 Å². The monoisotopic (exact) mass is 147 g/mol. The average Bonchev–Trinajstić information content (AvgIpc) is 1.85. The van der Waals surface area contributed by atoms with E-state index in [0.29, 0.717) is 0 Å². The Morgan fingerprint density at radius 1 is 1.60 bits per heavy atom. The highest BCUT2D eigenvalue weighted by Gasteiger charge is 2.16. The van der Waals surface area contributed by atoms with E-state index < -0.39 is 5.09 Å². The van der Waals surface area contributed by atoms with Gasteiger partial charge in [0.15, 0.2) is 0 Å². The van der Waals surface area contributed by atoms with Gasteiger partial charge in [-0.05, 0) is 11.8 Å². The second kappa shape index (κ2) is 3.39. The maximum atomic E-state index is 9.75. The first-order valence-corrected chi connectivity index (χ1v) is 3.25. The van der Waals surface area contributed by atoms with Crippen molar-refractivity contribution in [3.8, 4) is 0 Å². The molecule has 0 atom stereocenters. The summed E-state index contributed by atoms with van der Waals surface area (Å²) in [5.41, 5.74) is -0.0902. The number of nitrogens with zero attached hydrogens (tertiary/aromatic N) is 1. The van der Waals surface area contributed by atoms with E-state index in [0.717, 1.165) is 6.42 Å². The number of rotatable bonds is 4. The second-order valence-electron chi connectivity index (χ2n) is 3.01. The van der Waals surface area contributed by atoms with Crippen LogP contribution in [0.5, 0.6) is 0 Å². The third-order valence-electron chi connectivity index (χ3n) is 1.52. The fourth-order valence-corrected chi connectivity index (χ4v) is 0.330. The fourth-order valence-electron chi connectivity index (χ4n) is 0.330. The fraction of sp³-hybridized carbons (Fsp3) is 1.00. The smallest absolute Gasteiger partial charge is 0.294 e. The van der Waals surface area contributed by atoms with Gasteiger partial charge >= 0.3 is 0 Å². The molecule has 0 saturated heterocycles. The summed E-state index contributed by atoms with van der Waals surface area (Å²) in [6, 6.07) is 0.